The second-order valence-corrected chi connectivity index (χ2v) is 8.26. The fourth-order valence-corrected chi connectivity index (χ4v) is 4.59. The summed E-state index contributed by atoms with van der Waals surface area (Å²) >= 11 is 2.59. The Labute approximate surface area is 199 Å². The molecule has 4 N–H and O–H groups in total. The van der Waals surface area contributed by atoms with Gasteiger partial charge in [-0.15, -0.1) is 0 Å². The van der Waals surface area contributed by atoms with Gasteiger partial charge in [-0.1, -0.05) is 54.6 Å². The van der Waals surface area contributed by atoms with Gasteiger partial charge in [-0.2, -0.15) is 0 Å². The van der Waals surface area contributed by atoms with Gasteiger partial charge in [-0.3, -0.25) is 0 Å². The summed E-state index contributed by atoms with van der Waals surface area (Å²) in [6, 6.07) is 27.6. The molecular weight excluding hydrogens is 429 g/mol. The molecule has 4 aromatic carbocycles. The highest BCUT2D eigenvalue weighted by Crippen LogP contribution is 2.49. The van der Waals surface area contributed by atoms with E-state index >= 15 is 0 Å². The SMILES string of the molecule is Oc1ccccc1-c1nc2ccccc2[nH]1.Oc1ccccc1C1c2cccc(c2O)[N]1[Al]. The van der Waals surface area contributed by atoms with E-state index in [0.717, 1.165) is 33.4 Å². The molecule has 33 heavy (non-hydrogen) atoms. The molecular formula is C26H20AlN3O3. The number of aromatic nitrogens is 2. The number of anilines is 1. The maximum atomic E-state index is 10.0. The van der Waals surface area contributed by atoms with Gasteiger partial charge in [-0.25, -0.2) is 4.98 Å². The van der Waals surface area contributed by atoms with Crippen molar-refractivity contribution in [2.45, 2.75) is 6.04 Å². The first-order valence-corrected chi connectivity index (χ1v) is 10.9. The summed E-state index contributed by atoms with van der Waals surface area (Å²) in [5, 5.41) is 29.7. The third-order valence-electron chi connectivity index (χ3n) is 5.68. The van der Waals surface area contributed by atoms with Crippen LogP contribution in [-0.2, 0) is 0 Å². The molecule has 5 aromatic rings. The second-order valence-electron chi connectivity index (χ2n) is 7.70. The number of aromatic amines is 1. The number of nitrogens with zero attached hydrogens (tertiary/aromatic N) is 2. The molecule has 6 rings (SSSR count). The predicted octanol–water partition coefficient (Wildman–Crippen LogP) is 5.03. The van der Waals surface area contributed by atoms with E-state index in [0.29, 0.717) is 5.82 Å². The van der Waals surface area contributed by atoms with E-state index in [-0.39, 0.29) is 23.3 Å². The van der Waals surface area contributed by atoms with Crippen LogP contribution in [0.2, 0.25) is 0 Å². The Hall–Kier alpha value is -3.92. The van der Waals surface area contributed by atoms with Crippen molar-refractivity contribution in [3.8, 4) is 28.6 Å². The molecule has 160 valence electrons. The standard InChI is InChI=1S/C13H10N2O.C13H10NO2.Al/c16-12-8-4-1-5-9(12)13-14-10-6-2-3-7-11(10)15-13;15-11-7-2-1-4-8(11)12-9-5-3-6-10(14-12)13(9)16;/h1-8,16H,(H,14,15);1-7,12,15-16H;/q;-1;+1. The zero-order valence-corrected chi connectivity index (χ0v) is 18.7. The van der Waals surface area contributed by atoms with Gasteiger partial charge in [-0.05, 0) is 36.4 Å². The van der Waals surface area contributed by atoms with Crippen molar-refractivity contribution in [1.29, 1.82) is 0 Å². The number of para-hydroxylation sites is 5. The van der Waals surface area contributed by atoms with Crippen molar-refractivity contribution in [3.63, 3.8) is 0 Å². The Bertz CT molecular complexity index is 1420. The van der Waals surface area contributed by atoms with Gasteiger partial charge in [0.15, 0.2) is 0 Å². The highest BCUT2D eigenvalue weighted by molar-refractivity contribution is 6.20. The molecule has 1 atom stereocenters. The number of hydrogen-bond donors (Lipinski definition) is 4. The molecule has 1 unspecified atom stereocenters. The zero-order valence-electron chi connectivity index (χ0n) is 17.6. The maximum absolute atomic E-state index is 10.0. The van der Waals surface area contributed by atoms with Crippen LogP contribution in [0.1, 0.15) is 17.2 Å². The van der Waals surface area contributed by atoms with E-state index in [1.54, 1.807) is 24.3 Å². The van der Waals surface area contributed by atoms with E-state index in [9.17, 15) is 15.3 Å². The van der Waals surface area contributed by atoms with Gasteiger partial charge in [0.25, 0.3) is 0 Å². The predicted molar refractivity (Wildman–Crippen MR) is 129 cm³/mol. The van der Waals surface area contributed by atoms with Crippen LogP contribution in [-0.4, -0.2) is 41.8 Å². The fraction of sp³-hybridized carbons (Fsp3) is 0.0385. The minimum Gasteiger partial charge on any atom is -0.508 e. The van der Waals surface area contributed by atoms with Crippen LogP contribution < -0.4 is 3.88 Å². The number of rotatable bonds is 2. The van der Waals surface area contributed by atoms with E-state index in [4.69, 9.17) is 0 Å². The summed E-state index contributed by atoms with van der Waals surface area (Å²) in [4.78, 5) is 7.61. The Morgan fingerprint density at radius 2 is 1.39 bits per heavy atom. The summed E-state index contributed by atoms with van der Waals surface area (Å²) in [5.74, 6) is 1.46. The zero-order chi connectivity index (χ0) is 22.9. The van der Waals surface area contributed by atoms with Gasteiger partial charge < -0.3 is 24.2 Å². The average molecular weight is 449 g/mol. The van der Waals surface area contributed by atoms with E-state index < -0.39 is 0 Å². The lowest BCUT2D eigenvalue weighted by atomic mass is 10.0. The summed E-state index contributed by atoms with van der Waals surface area (Å²) in [7, 11) is 0. The molecule has 0 spiro atoms. The number of phenols is 3. The Morgan fingerprint density at radius 1 is 0.727 bits per heavy atom. The first-order valence-electron chi connectivity index (χ1n) is 10.4. The number of imidazole rings is 1. The lowest BCUT2D eigenvalue weighted by Gasteiger charge is -2.25. The average Bonchev–Trinajstić information content (AvgIpc) is 3.29. The summed E-state index contributed by atoms with van der Waals surface area (Å²) in [6.45, 7) is 0. The molecule has 0 saturated carbocycles. The van der Waals surface area contributed by atoms with Gasteiger partial charge in [0.2, 0.25) is 0 Å². The highest BCUT2D eigenvalue weighted by atomic mass is 27.1. The molecule has 2 bridgehead atoms. The fourth-order valence-electron chi connectivity index (χ4n) is 4.06. The highest BCUT2D eigenvalue weighted by Gasteiger charge is 2.31. The summed E-state index contributed by atoms with van der Waals surface area (Å²) < 4.78 is 1.89. The lowest BCUT2D eigenvalue weighted by molar-refractivity contribution is 0.463. The first-order chi connectivity index (χ1) is 16.0. The van der Waals surface area contributed by atoms with E-state index in [2.05, 4.69) is 26.5 Å². The van der Waals surface area contributed by atoms with Crippen LogP contribution in [0, 0.1) is 0 Å². The Morgan fingerprint density at radius 3 is 2.12 bits per heavy atom. The van der Waals surface area contributed by atoms with Crippen molar-refractivity contribution >= 4 is 33.2 Å². The molecule has 1 aliphatic heterocycles. The summed E-state index contributed by atoms with van der Waals surface area (Å²) in [6.07, 6.45) is 0. The molecule has 2 radical (unpaired) electrons. The molecule has 1 aliphatic rings. The molecule has 1 aromatic heterocycles. The first kappa shape index (κ1) is 21.0. The second kappa shape index (κ2) is 8.55. The van der Waals surface area contributed by atoms with Crippen LogP contribution in [0.3, 0.4) is 0 Å². The smallest absolute Gasteiger partial charge is 0.311 e. The topological polar surface area (TPSA) is 92.6 Å². The van der Waals surface area contributed by atoms with Crippen molar-refractivity contribution < 1.29 is 15.3 Å². The van der Waals surface area contributed by atoms with E-state index in [1.165, 1.54) is 0 Å². The molecule has 6 nitrogen and oxygen atoms in total. The normalized spacial score (nSPS) is 14.2. The number of aromatic hydroxyl groups is 3. The molecule has 0 aliphatic carbocycles. The minimum absolute atomic E-state index is 0.147. The van der Waals surface area contributed by atoms with Crippen LogP contribution in [0.5, 0.6) is 17.2 Å². The molecule has 2 heterocycles. The van der Waals surface area contributed by atoms with Crippen molar-refractivity contribution in [2.24, 2.45) is 0 Å². The molecule has 0 fully saturated rings. The summed E-state index contributed by atoms with van der Waals surface area (Å²) in [5.41, 5.74) is 4.97. The number of fused-ring (bicyclic) bond motifs is 3. The molecule has 7 heteroatoms. The maximum Gasteiger partial charge on any atom is 0.311 e. The van der Waals surface area contributed by atoms with Gasteiger partial charge >= 0.3 is 16.5 Å². The third kappa shape index (κ3) is 3.78. The van der Waals surface area contributed by atoms with Crippen LogP contribution in [0.15, 0.2) is 91.0 Å². The Balaban J connectivity index is 0.000000139. The number of nitrogens with one attached hydrogen (secondary N) is 1. The van der Waals surface area contributed by atoms with Gasteiger partial charge in [0, 0.05) is 11.1 Å². The largest absolute Gasteiger partial charge is 0.508 e. The van der Waals surface area contributed by atoms with Crippen LogP contribution in [0.4, 0.5) is 5.69 Å². The van der Waals surface area contributed by atoms with Crippen molar-refractivity contribution in [1.82, 2.24) is 9.97 Å². The number of benzene rings is 4. The molecule has 0 saturated heterocycles. The Kier molecular flexibility index (Phi) is 5.43. The van der Waals surface area contributed by atoms with Gasteiger partial charge in [0.05, 0.1) is 28.3 Å². The van der Waals surface area contributed by atoms with E-state index in [1.807, 2.05) is 70.6 Å². The van der Waals surface area contributed by atoms with Crippen molar-refractivity contribution in [3.05, 3.63) is 102 Å². The quantitative estimate of drug-likeness (QED) is 0.284. The lowest BCUT2D eigenvalue weighted by Crippen LogP contribution is -2.21. The number of phenolic OH excluding ortho intramolecular Hbond substituents is 3. The third-order valence-corrected chi connectivity index (χ3v) is 6.25. The monoisotopic (exact) mass is 449 g/mol. The van der Waals surface area contributed by atoms with Crippen LogP contribution >= 0.6 is 0 Å². The number of hydrogen-bond acceptors (Lipinski definition) is 5. The molecule has 0 amide bonds. The van der Waals surface area contributed by atoms with Crippen molar-refractivity contribution in [2.75, 3.05) is 3.88 Å². The minimum atomic E-state index is -0.147. The van der Waals surface area contributed by atoms with Crippen LogP contribution in [0.25, 0.3) is 22.4 Å². The number of H-pyrrole nitrogens is 1. The van der Waals surface area contributed by atoms with Gasteiger partial charge in [0.1, 0.15) is 23.1 Å².